The highest BCUT2D eigenvalue weighted by atomic mass is 14.4. The Morgan fingerprint density at radius 1 is 0.947 bits per heavy atom. The molecule has 1 aliphatic rings. The first-order valence-electron chi connectivity index (χ1n) is 6.80. The van der Waals surface area contributed by atoms with Crippen LogP contribution in [-0.2, 0) is 5.41 Å². The summed E-state index contributed by atoms with van der Waals surface area (Å²) in [5.41, 5.74) is 7.23. The molecule has 0 atom stereocenters. The van der Waals surface area contributed by atoms with E-state index in [9.17, 15) is 0 Å². The van der Waals surface area contributed by atoms with Gasteiger partial charge >= 0.3 is 0 Å². The van der Waals surface area contributed by atoms with Crippen LogP contribution in [-0.4, -0.2) is 0 Å². The summed E-state index contributed by atoms with van der Waals surface area (Å²) < 4.78 is 0. The maximum Gasteiger partial charge on any atom is 0.0158 e. The van der Waals surface area contributed by atoms with Gasteiger partial charge in [0, 0.05) is 5.41 Å². The highest BCUT2D eigenvalue weighted by Gasteiger charge is 2.34. The van der Waals surface area contributed by atoms with E-state index in [-0.39, 0.29) is 5.41 Å². The molecule has 3 rings (SSSR count). The number of hydrogen-bond donors (Lipinski definition) is 0. The number of fused-ring (bicyclic) bond motifs is 3. The highest BCUT2D eigenvalue weighted by Crippen LogP contribution is 2.48. The SMILES string of the molecule is C=CC.Cc1ccc2c(c1)C(C)(C)c1ccccc1-2. The first kappa shape index (κ1) is 13.6. The Labute approximate surface area is 116 Å². The maximum atomic E-state index is 3.36. The number of allylic oxidation sites excluding steroid dienone is 1. The lowest BCUT2D eigenvalue weighted by Crippen LogP contribution is -2.14. The van der Waals surface area contributed by atoms with Crippen molar-refractivity contribution in [2.24, 2.45) is 0 Å². The molecule has 0 heteroatoms. The Kier molecular flexibility index (Phi) is 3.61. The zero-order chi connectivity index (χ0) is 14.0. The second kappa shape index (κ2) is 5.05. The number of hydrogen-bond acceptors (Lipinski definition) is 0. The monoisotopic (exact) mass is 250 g/mol. The summed E-state index contributed by atoms with van der Waals surface area (Å²) in [7, 11) is 0. The van der Waals surface area contributed by atoms with Crippen LogP contribution < -0.4 is 0 Å². The molecule has 0 saturated carbocycles. The van der Waals surface area contributed by atoms with Gasteiger partial charge in [0.15, 0.2) is 0 Å². The van der Waals surface area contributed by atoms with Crippen LogP contribution in [0.2, 0.25) is 0 Å². The van der Waals surface area contributed by atoms with Crippen LogP contribution in [0.25, 0.3) is 11.1 Å². The van der Waals surface area contributed by atoms with Crippen molar-refractivity contribution < 1.29 is 0 Å². The number of aryl methyl sites for hydroxylation is 1. The summed E-state index contributed by atoms with van der Waals surface area (Å²) in [6.07, 6.45) is 1.75. The van der Waals surface area contributed by atoms with Crippen LogP contribution in [0.1, 0.15) is 37.5 Å². The highest BCUT2D eigenvalue weighted by molar-refractivity contribution is 5.80. The van der Waals surface area contributed by atoms with Crippen molar-refractivity contribution in [2.75, 3.05) is 0 Å². The molecule has 0 N–H and O–H groups in total. The topological polar surface area (TPSA) is 0 Å². The van der Waals surface area contributed by atoms with Gasteiger partial charge in [0.2, 0.25) is 0 Å². The zero-order valence-electron chi connectivity index (χ0n) is 12.3. The van der Waals surface area contributed by atoms with E-state index in [0.29, 0.717) is 0 Å². The molecular weight excluding hydrogens is 228 g/mol. The second-order valence-corrected chi connectivity index (χ2v) is 5.63. The molecule has 0 radical (unpaired) electrons. The molecular formula is C19H22. The fraction of sp³-hybridized carbons (Fsp3) is 0.263. The van der Waals surface area contributed by atoms with Crippen molar-refractivity contribution >= 4 is 0 Å². The molecule has 0 saturated heterocycles. The minimum atomic E-state index is 0.151. The van der Waals surface area contributed by atoms with Crippen molar-refractivity contribution in [1.29, 1.82) is 0 Å². The van der Waals surface area contributed by atoms with E-state index < -0.39 is 0 Å². The molecule has 0 nitrogen and oxygen atoms in total. The average molecular weight is 250 g/mol. The summed E-state index contributed by atoms with van der Waals surface area (Å²) >= 11 is 0. The molecule has 2 aromatic carbocycles. The van der Waals surface area contributed by atoms with Crippen LogP contribution in [0.5, 0.6) is 0 Å². The van der Waals surface area contributed by atoms with Crippen molar-refractivity contribution in [3.8, 4) is 11.1 Å². The van der Waals surface area contributed by atoms with Crippen molar-refractivity contribution in [1.82, 2.24) is 0 Å². The smallest absolute Gasteiger partial charge is 0.0158 e. The molecule has 0 heterocycles. The summed E-state index contributed by atoms with van der Waals surface area (Å²) in [6.45, 7) is 12.0. The molecule has 1 aliphatic carbocycles. The van der Waals surface area contributed by atoms with Crippen LogP contribution >= 0.6 is 0 Å². The van der Waals surface area contributed by atoms with E-state index in [0.717, 1.165) is 0 Å². The van der Waals surface area contributed by atoms with Gasteiger partial charge in [-0.3, -0.25) is 0 Å². The average Bonchev–Trinajstić information content (AvgIpc) is 2.60. The lowest BCUT2D eigenvalue weighted by molar-refractivity contribution is 0.660. The molecule has 2 aromatic rings. The minimum absolute atomic E-state index is 0.151. The molecule has 0 unspecified atom stereocenters. The van der Waals surface area contributed by atoms with E-state index in [2.05, 4.69) is 69.8 Å². The van der Waals surface area contributed by atoms with Gasteiger partial charge in [0.05, 0.1) is 0 Å². The van der Waals surface area contributed by atoms with Gasteiger partial charge in [0.1, 0.15) is 0 Å². The molecule has 0 aliphatic heterocycles. The Morgan fingerprint density at radius 2 is 1.53 bits per heavy atom. The summed E-state index contributed by atoms with van der Waals surface area (Å²) in [5, 5.41) is 0. The Bertz CT molecular complexity index is 603. The van der Waals surface area contributed by atoms with Gasteiger partial charge in [-0.25, -0.2) is 0 Å². The van der Waals surface area contributed by atoms with Crippen LogP contribution in [0.15, 0.2) is 55.1 Å². The van der Waals surface area contributed by atoms with Gasteiger partial charge in [-0.15, -0.1) is 6.58 Å². The van der Waals surface area contributed by atoms with Gasteiger partial charge in [-0.2, -0.15) is 0 Å². The first-order valence-corrected chi connectivity index (χ1v) is 6.80. The van der Waals surface area contributed by atoms with Gasteiger partial charge in [0.25, 0.3) is 0 Å². The van der Waals surface area contributed by atoms with Gasteiger partial charge in [-0.1, -0.05) is 68.0 Å². The first-order chi connectivity index (χ1) is 9.02. The zero-order valence-corrected chi connectivity index (χ0v) is 12.3. The van der Waals surface area contributed by atoms with Gasteiger partial charge < -0.3 is 0 Å². The Morgan fingerprint density at radius 3 is 2.21 bits per heavy atom. The standard InChI is InChI=1S/C16H16.C3H6/c1-11-8-9-13-12-6-4-5-7-14(12)16(2,3)15(13)10-11;1-3-2/h4-10H,1-3H3;3H,1H2,2H3. The lowest BCUT2D eigenvalue weighted by Gasteiger charge is -2.21. The fourth-order valence-corrected chi connectivity index (χ4v) is 2.82. The van der Waals surface area contributed by atoms with E-state index in [4.69, 9.17) is 0 Å². The number of benzene rings is 2. The second-order valence-electron chi connectivity index (χ2n) is 5.63. The van der Waals surface area contributed by atoms with Crippen LogP contribution in [0.3, 0.4) is 0 Å². The molecule has 0 amide bonds. The van der Waals surface area contributed by atoms with Crippen LogP contribution in [0, 0.1) is 6.92 Å². The van der Waals surface area contributed by atoms with Crippen molar-refractivity contribution in [3.05, 3.63) is 71.8 Å². The molecule has 98 valence electrons. The third kappa shape index (κ3) is 2.23. The third-order valence-electron chi connectivity index (χ3n) is 3.74. The largest absolute Gasteiger partial charge is 0.103 e. The minimum Gasteiger partial charge on any atom is -0.103 e. The van der Waals surface area contributed by atoms with E-state index in [1.807, 2.05) is 6.92 Å². The quantitative estimate of drug-likeness (QED) is 0.542. The predicted molar refractivity (Wildman–Crippen MR) is 84.6 cm³/mol. The summed E-state index contributed by atoms with van der Waals surface area (Å²) in [5.74, 6) is 0. The predicted octanol–water partition coefficient (Wildman–Crippen LogP) is 5.49. The fourth-order valence-electron chi connectivity index (χ4n) is 2.82. The molecule has 0 aromatic heterocycles. The summed E-state index contributed by atoms with van der Waals surface area (Å²) in [6, 6.07) is 15.6. The maximum absolute atomic E-state index is 3.36. The van der Waals surface area contributed by atoms with E-state index in [1.165, 1.54) is 27.8 Å². The van der Waals surface area contributed by atoms with Crippen LogP contribution in [0.4, 0.5) is 0 Å². The van der Waals surface area contributed by atoms with Crippen molar-refractivity contribution in [3.63, 3.8) is 0 Å². The normalized spacial score (nSPS) is 13.9. The Hall–Kier alpha value is -1.82. The van der Waals surface area contributed by atoms with E-state index >= 15 is 0 Å². The molecule has 0 spiro atoms. The van der Waals surface area contributed by atoms with Crippen molar-refractivity contribution in [2.45, 2.75) is 33.1 Å². The lowest BCUT2D eigenvalue weighted by atomic mass is 9.82. The number of rotatable bonds is 0. The van der Waals surface area contributed by atoms with Gasteiger partial charge in [-0.05, 0) is 36.1 Å². The molecule has 19 heavy (non-hydrogen) atoms. The third-order valence-corrected chi connectivity index (χ3v) is 3.74. The molecule has 0 fully saturated rings. The van der Waals surface area contributed by atoms with E-state index in [1.54, 1.807) is 6.08 Å². The Balaban J connectivity index is 0.000000408. The summed E-state index contributed by atoms with van der Waals surface area (Å²) in [4.78, 5) is 0. The molecule has 0 bridgehead atoms.